The summed E-state index contributed by atoms with van der Waals surface area (Å²) in [5.41, 5.74) is 3.75. The molecular weight excluding hydrogens is 352 g/mol. The van der Waals surface area contributed by atoms with Crippen molar-refractivity contribution >= 4 is 21.6 Å². The molecule has 4 rings (SSSR count). The molecule has 0 radical (unpaired) electrons. The van der Waals surface area contributed by atoms with Crippen molar-refractivity contribution in [2.24, 2.45) is 0 Å². The van der Waals surface area contributed by atoms with Crippen molar-refractivity contribution in [3.05, 3.63) is 59.2 Å². The lowest BCUT2D eigenvalue weighted by Crippen LogP contribution is -2.58. The van der Waals surface area contributed by atoms with Gasteiger partial charge in [0.25, 0.3) is 0 Å². The van der Waals surface area contributed by atoms with Crippen molar-refractivity contribution < 1.29 is 8.42 Å². The minimum atomic E-state index is -3.22. The normalized spacial score (nSPS) is 21.1. The van der Waals surface area contributed by atoms with Gasteiger partial charge in [-0.2, -0.15) is 0 Å². The number of hydrogen-bond acceptors (Lipinski definition) is 5. The molecule has 0 aliphatic carbocycles. The molecule has 0 amide bonds. The van der Waals surface area contributed by atoms with Crippen molar-refractivity contribution in [1.82, 2.24) is 10.2 Å². The highest BCUT2D eigenvalue weighted by Gasteiger charge is 2.36. The minimum Gasteiger partial charge on any atom is -0.315 e. The third-order valence-corrected chi connectivity index (χ3v) is 7.37. The zero-order chi connectivity index (χ0) is 17.6. The average Bonchev–Trinajstić information content (AvgIpc) is 2.70. The van der Waals surface area contributed by atoms with Gasteiger partial charge in [-0.05, 0) is 41.9 Å². The molecule has 132 valence electrons. The van der Waals surface area contributed by atoms with Gasteiger partial charge in [0, 0.05) is 36.0 Å². The molecule has 1 atom stereocenters. The summed E-state index contributed by atoms with van der Waals surface area (Å²) in [6, 6.07) is 14.8. The zero-order valence-corrected chi connectivity index (χ0v) is 16.0. The third kappa shape index (κ3) is 3.12. The van der Waals surface area contributed by atoms with E-state index in [0.29, 0.717) is 10.9 Å². The number of thioether (sulfide) groups is 1. The van der Waals surface area contributed by atoms with Crippen LogP contribution in [0.25, 0.3) is 0 Å². The maximum atomic E-state index is 12.1. The smallest absolute Gasteiger partial charge is 0.175 e. The first-order valence-corrected chi connectivity index (χ1v) is 11.3. The predicted molar refractivity (Wildman–Crippen MR) is 102 cm³/mol. The van der Waals surface area contributed by atoms with E-state index in [1.54, 1.807) is 17.8 Å². The van der Waals surface area contributed by atoms with Gasteiger partial charge >= 0.3 is 0 Å². The van der Waals surface area contributed by atoms with E-state index >= 15 is 0 Å². The maximum Gasteiger partial charge on any atom is 0.175 e. The molecule has 0 bridgehead atoms. The number of hydrogen-bond donors (Lipinski definition) is 1. The highest BCUT2D eigenvalue weighted by molar-refractivity contribution is 7.98. The Kier molecular flexibility index (Phi) is 4.40. The molecule has 0 aromatic heterocycles. The second-order valence-electron chi connectivity index (χ2n) is 6.80. The van der Waals surface area contributed by atoms with Crippen LogP contribution in [-0.2, 0) is 15.6 Å². The van der Waals surface area contributed by atoms with Gasteiger partial charge < -0.3 is 5.32 Å². The van der Waals surface area contributed by atoms with Gasteiger partial charge in [-0.25, -0.2) is 8.42 Å². The van der Waals surface area contributed by atoms with Gasteiger partial charge in [0.2, 0.25) is 0 Å². The van der Waals surface area contributed by atoms with Gasteiger partial charge in [0.05, 0.1) is 10.9 Å². The Hall–Kier alpha value is -1.34. The van der Waals surface area contributed by atoms with Crippen molar-refractivity contribution in [3.8, 4) is 0 Å². The molecule has 1 N–H and O–H groups in total. The number of likely N-dealkylation sites (N-methyl/N-ethyl adjacent to an activating group) is 1. The molecule has 0 saturated carbocycles. The molecule has 4 nitrogen and oxygen atoms in total. The summed E-state index contributed by atoms with van der Waals surface area (Å²) in [5.74, 6) is 0.918. The van der Waals surface area contributed by atoms with Crippen molar-refractivity contribution in [3.63, 3.8) is 0 Å². The van der Waals surface area contributed by atoms with Crippen LogP contribution in [-0.4, -0.2) is 45.8 Å². The predicted octanol–water partition coefficient (Wildman–Crippen LogP) is 2.69. The van der Waals surface area contributed by atoms with E-state index in [-0.39, 0.29) is 6.04 Å². The average molecular weight is 375 g/mol. The van der Waals surface area contributed by atoms with E-state index in [1.807, 2.05) is 19.2 Å². The molecule has 2 aromatic rings. The fourth-order valence-electron chi connectivity index (χ4n) is 3.66. The van der Waals surface area contributed by atoms with Gasteiger partial charge in [-0.15, -0.1) is 11.8 Å². The van der Waals surface area contributed by atoms with Crippen LogP contribution < -0.4 is 5.32 Å². The Bertz CT molecular complexity index is 905. The second-order valence-corrected chi connectivity index (χ2v) is 9.83. The Labute approximate surface area is 153 Å². The monoisotopic (exact) mass is 374 g/mol. The molecule has 2 heterocycles. The standard InChI is InChI=1S/C19H22N2O2S2/c1-20-14-10-21(11-14)19-16-6-4-3-5-13(16)12-24-18-8-7-15(9-17(18)19)25(2,22)23/h3-9,14,19-20H,10-12H2,1-2H3. The molecule has 2 aliphatic heterocycles. The Morgan fingerprint density at radius 2 is 1.88 bits per heavy atom. The van der Waals surface area contributed by atoms with Crippen molar-refractivity contribution in [1.29, 1.82) is 0 Å². The van der Waals surface area contributed by atoms with E-state index < -0.39 is 9.84 Å². The summed E-state index contributed by atoms with van der Waals surface area (Å²) in [7, 11) is -1.22. The zero-order valence-electron chi connectivity index (χ0n) is 14.4. The second kappa shape index (κ2) is 6.43. The largest absolute Gasteiger partial charge is 0.315 e. The summed E-state index contributed by atoms with van der Waals surface area (Å²) < 4.78 is 24.2. The van der Waals surface area contributed by atoms with Crippen LogP contribution in [0.15, 0.2) is 52.3 Å². The van der Waals surface area contributed by atoms with Crippen LogP contribution in [0, 0.1) is 0 Å². The Morgan fingerprint density at radius 3 is 2.60 bits per heavy atom. The molecule has 1 unspecified atom stereocenters. The summed E-state index contributed by atoms with van der Waals surface area (Å²) in [5, 5.41) is 3.33. The first-order chi connectivity index (χ1) is 12.0. The molecule has 2 aromatic carbocycles. The van der Waals surface area contributed by atoms with E-state index in [0.717, 1.165) is 24.4 Å². The minimum absolute atomic E-state index is 0.118. The highest BCUT2D eigenvalue weighted by atomic mass is 32.2. The fourth-order valence-corrected chi connectivity index (χ4v) is 5.39. The molecule has 6 heteroatoms. The van der Waals surface area contributed by atoms with Crippen LogP contribution in [0.2, 0.25) is 0 Å². The number of fused-ring (bicyclic) bond motifs is 2. The van der Waals surface area contributed by atoms with Crippen molar-refractivity contribution in [2.75, 3.05) is 26.4 Å². The van der Waals surface area contributed by atoms with Gasteiger partial charge in [-0.3, -0.25) is 4.90 Å². The first-order valence-electron chi connectivity index (χ1n) is 8.43. The molecule has 1 fully saturated rings. The number of likely N-dealkylation sites (tertiary alicyclic amines) is 1. The Balaban J connectivity index is 1.85. The van der Waals surface area contributed by atoms with E-state index in [4.69, 9.17) is 0 Å². The van der Waals surface area contributed by atoms with Crippen LogP contribution in [0.5, 0.6) is 0 Å². The lowest BCUT2D eigenvalue weighted by Gasteiger charge is -2.45. The van der Waals surface area contributed by atoms with E-state index in [9.17, 15) is 8.42 Å². The van der Waals surface area contributed by atoms with E-state index in [1.165, 1.54) is 22.3 Å². The summed E-state index contributed by atoms with van der Waals surface area (Å²) in [4.78, 5) is 4.03. The van der Waals surface area contributed by atoms with Crippen LogP contribution in [0.3, 0.4) is 0 Å². The molecule has 25 heavy (non-hydrogen) atoms. The van der Waals surface area contributed by atoms with E-state index in [2.05, 4.69) is 34.5 Å². The number of nitrogens with zero attached hydrogens (tertiary/aromatic N) is 1. The van der Waals surface area contributed by atoms with Gasteiger partial charge in [-0.1, -0.05) is 24.3 Å². The number of sulfone groups is 1. The third-order valence-electron chi connectivity index (χ3n) is 5.12. The molecule has 2 aliphatic rings. The summed E-state index contributed by atoms with van der Waals surface area (Å²) in [6.07, 6.45) is 1.28. The topological polar surface area (TPSA) is 49.4 Å². The maximum absolute atomic E-state index is 12.1. The molecule has 1 saturated heterocycles. The quantitative estimate of drug-likeness (QED) is 0.895. The van der Waals surface area contributed by atoms with Gasteiger partial charge in [0.1, 0.15) is 0 Å². The van der Waals surface area contributed by atoms with Crippen LogP contribution in [0.4, 0.5) is 0 Å². The summed E-state index contributed by atoms with van der Waals surface area (Å²) in [6.45, 7) is 1.95. The lowest BCUT2D eigenvalue weighted by molar-refractivity contribution is 0.0963. The summed E-state index contributed by atoms with van der Waals surface area (Å²) >= 11 is 1.80. The lowest BCUT2D eigenvalue weighted by atomic mass is 9.90. The van der Waals surface area contributed by atoms with Gasteiger partial charge in [0.15, 0.2) is 9.84 Å². The first kappa shape index (κ1) is 17.1. The fraction of sp³-hybridized carbons (Fsp3) is 0.368. The Morgan fingerprint density at radius 1 is 1.12 bits per heavy atom. The number of nitrogens with one attached hydrogen (secondary N) is 1. The van der Waals surface area contributed by atoms with Crippen molar-refractivity contribution in [2.45, 2.75) is 27.6 Å². The number of rotatable bonds is 3. The SMILES string of the molecule is CNC1CN(C2c3ccccc3CSc3ccc(S(C)(=O)=O)cc32)C1. The van der Waals surface area contributed by atoms with Crippen LogP contribution >= 0.6 is 11.8 Å². The molecular formula is C19H22N2O2S2. The van der Waals surface area contributed by atoms with Crippen LogP contribution in [0.1, 0.15) is 22.7 Å². The highest BCUT2D eigenvalue weighted by Crippen LogP contribution is 2.44. The number of benzene rings is 2. The molecule has 0 spiro atoms.